The molecule has 0 saturated heterocycles. The van der Waals surface area contributed by atoms with Gasteiger partial charge in [-0.1, -0.05) is 29.8 Å². The predicted octanol–water partition coefficient (Wildman–Crippen LogP) is 3.20. The van der Waals surface area contributed by atoms with E-state index < -0.39 is 28.5 Å². The normalized spacial score (nSPS) is 14.6. The van der Waals surface area contributed by atoms with Gasteiger partial charge in [0.05, 0.1) is 5.41 Å². The number of benzene rings is 2. The van der Waals surface area contributed by atoms with Crippen molar-refractivity contribution >= 4 is 23.4 Å². The summed E-state index contributed by atoms with van der Waals surface area (Å²) in [5.74, 6) is -2.84. The molecular weight excluding hydrogens is 362 g/mol. The summed E-state index contributed by atoms with van der Waals surface area (Å²) in [5, 5.41) is 5.77. The molecule has 0 aromatic heterocycles. The van der Waals surface area contributed by atoms with Crippen molar-refractivity contribution in [3.8, 4) is 0 Å². The number of carbonyl (C=O) groups excluding carboxylic acids is 2. The second-order valence-corrected chi connectivity index (χ2v) is 6.63. The fourth-order valence-electron chi connectivity index (χ4n) is 2.87. The lowest BCUT2D eigenvalue weighted by Crippen LogP contribution is -2.40. The van der Waals surface area contributed by atoms with Crippen molar-refractivity contribution < 1.29 is 18.4 Å². The summed E-state index contributed by atoms with van der Waals surface area (Å²) < 4.78 is 27.1. The highest BCUT2D eigenvalue weighted by Gasteiger charge is 2.50. The molecule has 0 radical (unpaired) electrons. The van der Waals surface area contributed by atoms with Gasteiger partial charge in [-0.05, 0) is 42.7 Å². The molecular formula is C19H17ClF2N2O2. The standard InChI is InChI=1S/C19H17ClF2N2O2/c20-13-6-4-12(5-7-13)19(8-9-19)18(26)24-11-10-23-17(25)16-14(21)2-1-3-15(16)22/h1-7H,8-11H2,(H,23,25)(H,24,26). The number of nitrogens with one attached hydrogen (secondary N) is 2. The van der Waals surface area contributed by atoms with Crippen LogP contribution in [0.4, 0.5) is 8.78 Å². The number of hydrogen-bond donors (Lipinski definition) is 2. The molecule has 0 unspecified atom stereocenters. The summed E-state index contributed by atoms with van der Waals surface area (Å²) in [5.41, 5.74) is -0.276. The quantitative estimate of drug-likeness (QED) is 0.758. The first-order chi connectivity index (χ1) is 12.4. The third-order valence-corrected chi connectivity index (χ3v) is 4.72. The van der Waals surface area contributed by atoms with E-state index in [9.17, 15) is 18.4 Å². The van der Waals surface area contributed by atoms with Crippen molar-refractivity contribution in [1.82, 2.24) is 10.6 Å². The van der Waals surface area contributed by atoms with E-state index in [2.05, 4.69) is 10.6 Å². The van der Waals surface area contributed by atoms with Gasteiger partial charge in [0.1, 0.15) is 17.2 Å². The molecule has 2 aromatic carbocycles. The minimum atomic E-state index is -0.925. The molecule has 7 heteroatoms. The highest BCUT2D eigenvalue weighted by molar-refractivity contribution is 6.30. The van der Waals surface area contributed by atoms with Crippen LogP contribution in [0.3, 0.4) is 0 Å². The monoisotopic (exact) mass is 378 g/mol. The van der Waals surface area contributed by atoms with Crippen LogP contribution in [0.15, 0.2) is 42.5 Å². The van der Waals surface area contributed by atoms with Crippen molar-refractivity contribution in [2.75, 3.05) is 13.1 Å². The van der Waals surface area contributed by atoms with E-state index in [-0.39, 0.29) is 19.0 Å². The molecule has 1 saturated carbocycles. The second kappa shape index (κ2) is 7.41. The topological polar surface area (TPSA) is 58.2 Å². The molecule has 1 fully saturated rings. The smallest absolute Gasteiger partial charge is 0.257 e. The van der Waals surface area contributed by atoms with Gasteiger partial charge in [0.15, 0.2) is 0 Å². The summed E-state index contributed by atoms with van der Waals surface area (Å²) in [6.07, 6.45) is 1.49. The highest BCUT2D eigenvalue weighted by atomic mass is 35.5. The molecule has 0 bridgehead atoms. The number of rotatable bonds is 6. The number of hydrogen-bond acceptors (Lipinski definition) is 2. The van der Waals surface area contributed by atoms with Gasteiger partial charge in [0.2, 0.25) is 5.91 Å². The van der Waals surface area contributed by atoms with Gasteiger partial charge in [0, 0.05) is 18.1 Å². The van der Waals surface area contributed by atoms with Crippen LogP contribution in [0.2, 0.25) is 5.02 Å². The Morgan fingerprint density at radius 1 is 0.962 bits per heavy atom. The van der Waals surface area contributed by atoms with Crippen LogP contribution < -0.4 is 10.6 Å². The highest BCUT2D eigenvalue weighted by Crippen LogP contribution is 2.48. The van der Waals surface area contributed by atoms with E-state index >= 15 is 0 Å². The Morgan fingerprint density at radius 3 is 2.12 bits per heavy atom. The fourth-order valence-corrected chi connectivity index (χ4v) is 2.99. The maximum atomic E-state index is 13.5. The summed E-state index contributed by atoms with van der Waals surface area (Å²) in [4.78, 5) is 24.3. The molecule has 1 aliphatic carbocycles. The van der Waals surface area contributed by atoms with E-state index in [0.717, 1.165) is 30.5 Å². The van der Waals surface area contributed by atoms with E-state index in [1.807, 2.05) is 12.1 Å². The zero-order valence-electron chi connectivity index (χ0n) is 13.8. The average molecular weight is 379 g/mol. The maximum absolute atomic E-state index is 13.5. The SMILES string of the molecule is O=C(NCCNC(=O)C1(c2ccc(Cl)cc2)CC1)c1c(F)cccc1F. The van der Waals surface area contributed by atoms with Crippen LogP contribution in [0.5, 0.6) is 0 Å². The first kappa shape index (κ1) is 18.3. The van der Waals surface area contributed by atoms with Crippen LogP contribution in [0, 0.1) is 11.6 Å². The van der Waals surface area contributed by atoms with E-state index in [4.69, 9.17) is 11.6 Å². The summed E-state index contributed by atoms with van der Waals surface area (Å²) in [7, 11) is 0. The van der Waals surface area contributed by atoms with Gasteiger partial charge in [-0.3, -0.25) is 9.59 Å². The zero-order chi connectivity index (χ0) is 18.7. The Balaban J connectivity index is 1.51. The Hall–Kier alpha value is -2.47. The number of amides is 2. The molecule has 2 aromatic rings. The van der Waals surface area contributed by atoms with Gasteiger partial charge < -0.3 is 10.6 Å². The minimum Gasteiger partial charge on any atom is -0.354 e. The molecule has 0 atom stereocenters. The van der Waals surface area contributed by atoms with Gasteiger partial charge in [-0.2, -0.15) is 0 Å². The van der Waals surface area contributed by atoms with Crippen LogP contribution in [-0.4, -0.2) is 24.9 Å². The van der Waals surface area contributed by atoms with Crippen molar-refractivity contribution in [3.05, 3.63) is 70.2 Å². The van der Waals surface area contributed by atoms with Crippen LogP contribution >= 0.6 is 11.6 Å². The molecule has 2 amide bonds. The molecule has 3 rings (SSSR count). The Kier molecular flexibility index (Phi) is 5.23. The van der Waals surface area contributed by atoms with Gasteiger partial charge in [-0.25, -0.2) is 8.78 Å². The predicted molar refractivity (Wildman–Crippen MR) is 94.1 cm³/mol. The number of carbonyl (C=O) groups is 2. The van der Waals surface area contributed by atoms with Crippen molar-refractivity contribution in [2.24, 2.45) is 0 Å². The lowest BCUT2D eigenvalue weighted by Gasteiger charge is -2.16. The molecule has 1 aliphatic rings. The van der Waals surface area contributed by atoms with E-state index in [1.54, 1.807) is 12.1 Å². The Morgan fingerprint density at radius 2 is 1.54 bits per heavy atom. The zero-order valence-corrected chi connectivity index (χ0v) is 14.6. The van der Waals surface area contributed by atoms with Gasteiger partial charge in [-0.15, -0.1) is 0 Å². The minimum absolute atomic E-state index is 0.0645. The molecule has 0 heterocycles. The molecule has 136 valence electrons. The average Bonchev–Trinajstić information content (AvgIpc) is 3.41. The lowest BCUT2D eigenvalue weighted by molar-refractivity contribution is -0.123. The maximum Gasteiger partial charge on any atom is 0.257 e. The lowest BCUT2D eigenvalue weighted by atomic mass is 9.95. The summed E-state index contributed by atoms with van der Waals surface area (Å²) >= 11 is 5.87. The van der Waals surface area contributed by atoms with E-state index in [1.165, 1.54) is 6.07 Å². The third kappa shape index (κ3) is 3.70. The van der Waals surface area contributed by atoms with Gasteiger partial charge >= 0.3 is 0 Å². The molecule has 0 aliphatic heterocycles. The van der Waals surface area contributed by atoms with E-state index in [0.29, 0.717) is 5.02 Å². The first-order valence-electron chi connectivity index (χ1n) is 8.20. The molecule has 2 N–H and O–H groups in total. The van der Waals surface area contributed by atoms with Crippen LogP contribution in [0.1, 0.15) is 28.8 Å². The largest absolute Gasteiger partial charge is 0.354 e. The van der Waals surface area contributed by atoms with Crippen molar-refractivity contribution in [2.45, 2.75) is 18.3 Å². The number of halogens is 3. The van der Waals surface area contributed by atoms with Crippen LogP contribution in [-0.2, 0) is 10.2 Å². The van der Waals surface area contributed by atoms with Crippen LogP contribution in [0.25, 0.3) is 0 Å². The van der Waals surface area contributed by atoms with Crippen molar-refractivity contribution in [1.29, 1.82) is 0 Å². The summed E-state index contributed by atoms with van der Waals surface area (Å²) in [6.45, 7) is 0.227. The van der Waals surface area contributed by atoms with Gasteiger partial charge in [0.25, 0.3) is 5.91 Å². The van der Waals surface area contributed by atoms with Crippen molar-refractivity contribution in [3.63, 3.8) is 0 Å². The third-order valence-electron chi connectivity index (χ3n) is 4.47. The Bertz CT molecular complexity index is 816. The second-order valence-electron chi connectivity index (χ2n) is 6.20. The summed E-state index contributed by atoms with van der Waals surface area (Å²) in [6, 6.07) is 10.4. The molecule has 0 spiro atoms. The Labute approximate surface area is 154 Å². The fraction of sp³-hybridized carbons (Fsp3) is 0.263. The molecule has 4 nitrogen and oxygen atoms in total. The first-order valence-corrected chi connectivity index (χ1v) is 8.58. The molecule has 26 heavy (non-hydrogen) atoms.